The highest BCUT2D eigenvalue weighted by atomic mass is 16.4. The first-order valence-electron chi connectivity index (χ1n) is 6.49. The second-order valence-corrected chi connectivity index (χ2v) is 6.06. The molecule has 0 aromatic carbocycles. The van der Waals surface area contributed by atoms with E-state index < -0.39 is 6.09 Å². The topological polar surface area (TPSA) is 58.4 Å². The van der Waals surface area contributed by atoms with Crippen LogP contribution in [0.3, 0.4) is 0 Å². The van der Waals surface area contributed by atoms with E-state index in [9.17, 15) is 9.90 Å². The fraction of sp³-hybridized carbons (Fsp3) is 0.571. The van der Waals surface area contributed by atoms with E-state index in [2.05, 4.69) is 32.4 Å². The molecule has 1 aromatic heterocycles. The van der Waals surface area contributed by atoms with Gasteiger partial charge in [-0.1, -0.05) is 6.58 Å². The summed E-state index contributed by atoms with van der Waals surface area (Å²) in [5, 5.41) is 13.8. The van der Waals surface area contributed by atoms with Gasteiger partial charge in [0.15, 0.2) is 0 Å². The Morgan fingerprint density at radius 3 is 2.63 bits per heavy atom. The maximum atomic E-state index is 11.3. The standard InChI is InChI=1S/C14H21N3O2/c1-6-11-10-8-16(13(18)19)9(2)7-12(10)17(15-11)14(3,4)5/h6,9H,1,7-8H2,2-5H3,(H,18,19). The molecule has 1 N–H and O–H groups in total. The molecular formula is C14H21N3O2. The van der Waals surface area contributed by atoms with Gasteiger partial charge in [0.2, 0.25) is 0 Å². The molecule has 1 atom stereocenters. The van der Waals surface area contributed by atoms with Gasteiger partial charge in [-0.2, -0.15) is 5.10 Å². The Morgan fingerprint density at radius 2 is 2.16 bits per heavy atom. The molecule has 1 unspecified atom stereocenters. The number of hydrogen-bond acceptors (Lipinski definition) is 2. The number of aromatic nitrogens is 2. The summed E-state index contributed by atoms with van der Waals surface area (Å²) < 4.78 is 2.01. The first kappa shape index (κ1) is 13.6. The molecule has 2 rings (SSSR count). The van der Waals surface area contributed by atoms with Crippen LogP contribution in [0, 0.1) is 0 Å². The van der Waals surface area contributed by atoms with Gasteiger partial charge in [0, 0.05) is 23.7 Å². The Balaban J connectivity index is 2.53. The summed E-state index contributed by atoms with van der Waals surface area (Å²) in [6, 6.07) is -0.0273. The van der Waals surface area contributed by atoms with E-state index in [1.807, 2.05) is 11.6 Å². The fourth-order valence-corrected chi connectivity index (χ4v) is 2.58. The average molecular weight is 263 g/mol. The van der Waals surface area contributed by atoms with Gasteiger partial charge in [-0.05, 0) is 33.8 Å². The van der Waals surface area contributed by atoms with Crippen LogP contribution in [0.15, 0.2) is 6.58 Å². The molecule has 0 radical (unpaired) electrons. The minimum absolute atomic E-state index is 0.0273. The maximum Gasteiger partial charge on any atom is 0.407 e. The zero-order valence-electron chi connectivity index (χ0n) is 12.0. The Hall–Kier alpha value is -1.78. The Labute approximate surface area is 113 Å². The van der Waals surface area contributed by atoms with Crippen molar-refractivity contribution in [3.8, 4) is 0 Å². The average Bonchev–Trinajstić information content (AvgIpc) is 2.64. The smallest absolute Gasteiger partial charge is 0.407 e. The summed E-state index contributed by atoms with van der Waals surface area (Å²) in [5.74, 6) is 0. The molecule has 1 amide bonds. The predicted octanol–water partition coefficient (Wildman–Crippen LogP) is 2.71. The lowest BCUT2D eigenvalue weighted by Gasteiger charge is -2.33. The summed E-state index contributed by atoms with van der Waals surface area (Å²) in [6.07, 6.45) is 1.52. The van der Waals surface area contributed by atoms with Crippen molar-refractivity contribution in [3.05, 3.63) is 23.5 Å². The number of amides is 1. The molecule has 1 aromatic rings. The van der Waals surface area contributed by atoms with Gasteiger partial charge < -0.3 is 10.0 Å². The highest BCUT2D eigenvalue weighted by Crippen LogP contribution is 2.30. The quantitative estimate of drug-likeness (QED) is 0.847. The van der Waals surface area contributed by atoms with Crippen molar-refractivity contribution < 1.29 is 9.90 Å². The maximum absolute atomic E-state index is 11.3. The van der Waals surface area contributed by atoms with Crippen molar-refractivity contribution in [2.45, 2.75) is 52.2 Å². The van der Waals surface area contributed by atoms with Gasteiger partial charge in [-0.3, -0.25) is 4.68 Å². The van der Waals surface area contributed by atoms with E-state index >= 15 is 0 Å². The normalized spacial score (nSPS) is 19.2. The van der Waals surface area contributed by atoms with Crippen LogP contribution < -0.4 is 0 Å². The molecule has 1 aliphatic heterocycles. The van der Waals surface area contributed by atoms with Crippen LogP contribution >= 0.6 is 0 Å². The van der Waals surface area contributed by atoms with Crippen molar-refractivity contribution >= 4 is 12.2 Å². The predicted molar refractivity (Wildman–Crippen MR) is 74.0 cm³/mol. The van der Waals surface area contributed by atoms with Crippen LogP contribution in [0.1, 0.15) is 44.6 Å². The van der Waals surface area contributed by atoms with Crippen LogP contribution in [-0.4, -0.2) is 31.9 Å². The van der Waals surface area contributed by atoms with Crippen LogP contribution in [0.25, 0.3) is 6.08 Å². The molecule has 0 aliphatic carbocycles. The third-order valence-electron chi connectivity index (χ3n) is 3.54. The van der Waals surface area contributed by atoms with Crippen LogP contribution in [-0.2, 0) is 18.5 Å². The van der Waals surface area contributed by atoms with E-state index in [1.165, 1.54) is 4.90 Å². The zero-order valence-corrected chi connectivity index (χ0v) is 12.0. The number of carboxylic acid groups (broad SMARTS) is 1. The Kier molecular flexibility index (Phi) is 3.16. The van der Waals surface area contributed by atoms with Crippen molar-refractivity contribution in [2.24, 2.45) is 0 Å². The molecule has 19 heavy (non-hydrogen) atoms. The second-order valence-electron chi connectivity index (χ2n) is 6.06. The summed E-state index contributed by atoms with van der Waals surface area (Å²) in [6.45, 7) is 12.4. The lowest BCUT2D eigenvalue weighted by Crippen LogP contribution is -2.43. The summed E-state index contributed by atoms with van der Waals surface area (Å²) in [4.78, 5) is 12.7. The van der Waals surface area contributed by atoms with Gasteiger partial charge in [-0.25, -0.2) is 4.79 Å². The van der Waals surface area contributed by atoms with Crippen molar-refractivity contribution in [2.75, 3.05) is 0 Å². The SMILES string of the molecule is C=Cc1nn(C(C)(C)C)c2c1CN(C(=O)O)C(C)C2. The monoisotopic (exact) mass is 263 g/mol. The minimum atomic E-state index is -0.878. The molecule has 0 spiro atoms. The molecule has 0 fully saturated rings. The van der Waals surface area contributed by atoms with Crippen molar-refractivity contribution in [1.82, 2.24) is 14.7 Å². The molecular weight excluding hydrogens is 242 g/mol. The first-order chi connectivity index (χ1) is 8.75. The zero-order chi connectivity index (χ0) is 14.4. The Bertz CT molecular complexity index is 526. The van der Waals surface area contributed by atoms with Crippen LogP contribution in [0.2, 0.25) is 0 Å². The summed E-state index contributed by atoms with van der Waals surface area (Å²) in [7, 11) is 0. The van der Waals surface area contributed by atoms with Gasteiger partial charge in [0.05, 0.1) is 17.8 Å². The van der Waals surface area contributed by atoms with Gasteiger partial charge in [0.1, 0.15) is 0 Å². The number of fused-ring (bicyclic) bond motifs is 1. The number of carbonyl (C=O) groups is 1. The van der Waals surface area contributed by atoms with E-state index in [1.54, 1.807) is 6.08 Å². The van der Waals surface area contributed by atoms with Gasteiger partial charge in [-0.15, -0.1) is 0 Å². The van der Waals surface area contributed by atoms with Crippen LogP contribution in [0.4, 0.5) is 4.79 Å². The van der Waals surface area contributed by atoms with E-state index in [0.717, 1.165) is 17.0 Å². The molecule has 5 heteroatoms. The lowest BCUT2D eigenvalue weighted by atomic mass is 9.98. The summed E-state index contributed by atoms with van der Waals surface area (Å²) in [5.41, 5.74) is 2.80. The molecule has 0 saturated heterocycles. The van der Waals surface area contributed by atoms with Gasteiger partial charge in [0.25, 0.3) is 0 Å². The number of hydrogen-bond donors (Lipinski definition) is 1. The second kappa shape index (κ2) is 4.40. The van der Waals surface area contributed by atoms with E-state index in [-0.39, 0.29) is 11.6 Å². The highest BCUT2D eigenvalue weighted by Gasteiger charge is 2.33. The minimum Gasteiger partial charge on any atom is -0.465 e. The molecule has 5 nitrogen and oxygen atoms in total. The summed E-state index contributed by atoms with van der Waals surface area (Å²) >= 11 is 0. The largest absolute Gasteiger partial charge is 0.465 e. The number of rotatable bonds is 1. The van der Waals surface area contributed by atoms with Crippen molar-refractivity contribution in [1.29, 1.82) is 0 Å². The lowest BCUT2D eigenvalue weighted by molar-refractivity contribution is 0.118. The molecule has 1 aliphatic rings. The fourth-order valence-electron chi connectivity index (χ4n) is 2.58. The Morgan fingerprint density at radius 1 is 1.53 bits per heavy atom. The molecule has 104 valence electrons. The molecule has 2 heterocycles. The third-order valence-corrected chi connectivity index (χ3v) is 3.54. The third kappa shape index (κ3) is 2.25. The highest BCUT2D eigenvalue weighted by molar-refractivity contribution is 5.66. The van der Waals surface area contributed by atoms with E-state index in [4.69, 9.17) is 0 Å². The van der Waals surface area contributed by atoms with Gasteiger partial charge >= 0.3 is 6.09 Å². The first-order valence-corrected chi connectivity index (χ1v) is 6.49. The number of nitrogens with zero attached hydrogens (tertiary/aromatic N) is 3. The van der Waals surface area contributed by atoms with Crippen LogP contribution in [0.5, 0.6) is 0 Å². The van der Waals surface area contributed by atoms with Crippen molar-refractivity contribution in [3.63, 3.8) is 0 Å². The molecule has 0 bridgehead atoms. The molecule has 0 saturated carbocycles. The van der Waals surface area contributed by atoms with E-state index in [0.29, 0.717) is 13.0 Å².